The fraction of sp³-hybridized carbons (Fsp3) is 0.519. The number of hydrogen-bond acceptors (Lipinski definition) is 6. The zero-order valence-corrected chi connectivity index (χ0v) is 21.5. The lowest BCUT2D eigenvalue weighted by atomic mass is 10.0. The van der Waals surface area contributed by atoms with Crippen LogP contribution in [0.1, 0.15) is 49.7 Å². The molecule has 8 heteroatoms. The van der Waals surface area contributed by atoms with Gasteiger partial charge in [-0.1, -0.05) is 19.9 Å². The van der Waals surface area contributed by atoms with Crippen LogP contribution in [0.5, 0.6) is 5.75 Å². The fourth-order valence-corrected chi connectivity index (χ4v) is 4.30. The molecule has 1 aromatic heterocycles. The van der Waals surface area contributed by atoms with Crippen molar-refractivity contribution in [3.05, 3.63) is 53.9 Å². The highest BCUT2D eigenvalue weighted by Gasteiger charge is 2.28. The Bertz CT molecular complexity index is 984. The standard InChI is InChI=1S/C27H38N4O4/c1-6-9-26(32)29-21-11-12-24-23(14-21)27(33)30(4)17-25(34-5)19(2)15-31(20(3)18-35-24)16-22-10-7-8-13-28-22/h7-8,10-14,19-20,25H,6,9,15-18H2,1-5H3,(H,29,32)/t19-,20-,25+/m0/s1. The van der Waals surface area contributed by atoms with E-state index in [1.165, 1.54) is 0 Å². The van der Waals surface area contributed by atoms with E-state index in [1.807, 2.05) is 31.3 Å². The smallest absolute Gasteiger partial charge is 0.257 e. The molecule has 3 atom stereocenters. The number of carbonyl (C=O) groups is 2. The number of aromatic nitrogens is 1. The van der Waals surface area contributed by atoms with Crippen LogP contribution in [0.2, 0.25) is 0 Å². The highest BCUT2D eigenvalue weighted by atomic mass is 16.5. The molecule has 190 valence electrons. The Balaban J connectivity index is 1.92. The Morgan fingerprint density at radius 1 is 1.23 bits per heavy atom. The highest BCUT2D eigenvalue weighted by molar-refractivity contribution is 5.99. The van der Waals surface area contributed by atoms with Gasteiger partial charge in [-0.2, -0.15) is 0 Å². The van der Waals surface area contributed by atoms with Crippen LogP contribution in [-0.2, 0) is 16.1 Å². The topological polar surface area (TPSA) is 84.0 Å². The number of methoxy groups -OCH3 is 1. The largest absolute Gasteiger partial charge is 0.491 e. The van der Waals surface area contributed by atoms with Gasteiger partial charge in [0.2, 0.25) is 5.91 Å². The van der Waals surface area contributed by atoms with E-state index in [4.69, 9.17) is 9.47 Å². The summed E-state index contributed by atoms with van der Waals surface area (Å²) in [4.78, 5) is 34.1. The Morgan fingerprint density at radius 2 is 2.03 bits per heavy atom. The van der Waals surface area contributed by atoms with Crippen molar-refractivity contribution in [2.45, 2.75) is 52.3 Å². The Hall–Kier alpha value is -2.97. The molecule has 3 rings (SSSR count). The third kappa shape index (κ3) is 7.26. The van der Waals surface area contributed by atoms with Crippen molar-refractivity contribution in [2.75, 3.05) is 39.2 Å². The average Bonchev–Trinajstić information content (AvgIpc) is 2.85. The minimum atomic E-state index is -0.167. The van der Waals surface area contributed by atoms with Gasteiger partial charge < -0.3 is 19.7 Å². The molecular formula is C27H38N4O4. The van der Waals surface area contributed by atoms with Crippen LogP contribution in [0.15, 0.2) is 42.6 Å². The lowest BCUT2D eigenvalue weighted by Crippen LogP contribution is -2.46. The maximum atomic E-state index is 13.4. The number of anilines is 1. The van der Waals surface area contributed by atoms with Crippen LogP contribution in [0.3, 0.4) is 0 Å². The molecule has 1 N–H and O–H groups in total. The lowest BCUT2D eigenvalue weighted by molar-refractivity contribution is -0.116. The summed E-state index contributed by atoms with van der Waals surface area (Å²) >= 11 is 0. The molecule has 2 amide bonds. The summed E-state index contributed by atoms with van der Waals surface area (Å²) in [6.45, 7) is 8.53. The number of nitrogens with one attached hydrogen (secondary N) is 1. The molecule has 0 radical (unpaired) electrons. The van der Waals surface area contributed by atoms with Crippen molar-refractivity contribution in [1.82, 2.24) is 14.8 Å². The number of pyridine rings is 1. The van der Waals surface area contributed by atoms with E-state index in [2.05, 4.69) is 29.0 Å². The SMILES string of the molecule is CCCC(=O)Nc1ccc2c(c1)C(=O)N(C)C[C@@H](OC)[C@@H](C)CN(Cc1ccccn1)[C@@H](C)CO2. The van der Waals surface area contributed by atoms with Crippen LogP contribution < -0.4 is 10.1 Å². The summed E-state index contributed by atoms with van der Waals surface area (Å²) < 4.78 is 12.0. The number of benzene rings is 1. The molecule has 1 aliphatic heterocycles. The quantitative estimate of drug-likeness (QED) is 0.674. The van der Waals surface area contributed by atoms with Gasteiger partial charge in [-0.3, -0.25) is 19.5 Å². The van der Waals surface area contributed by atoms with Crippen LogP contribution in [0.4, 0.5) is 5.69 Å². The van der Waals surface area contributed by atoms with Crippen LogP contribution >= 0.6 is 0 Å². The number of rotatable bonds is 6. The molecule has 0 spiro atoms. The maximum absolute atomic E-state index is 13.4. The summed E-state index contributed by atoms with van der Waals surface area (Å²) in [5.41, 5.74) is 2.00. The monoisotopic (exact) mass is 482 g/mol. The number of ether oxygens (including phenoxy) is 2. The summed E-state index contributed by atoms with van der Waals surface area (Å²) in [6.07, 6.45) is 2.85. The van der Waals surface area contributed by atoms with E-state index < -0.39 is 0 Å². The van der Waals surface area contributed by atoms with Crippen molar-refractivity contribution >= 4 is 17.5 Å². The van der Waals surface area contributed by atoms with Gasteiger partial charge in [0.25, 0.3) is 5.91 Å². The van der Waals surface area contributed by atoms with Crippen LogP contribution in [-0.4, -0.2) is 72.6 Å². The van der Waals surface area contributed by atoms with Crippen molar-refractivity contribution in [2.24, 2.45) is 5.92 Å². The average molecular weight is 483 g/mol. The van der Waals surface area contributed by atoms with Crippen molar-refractivity contribution in [3.63, 3.8) is 0 Å². The summed E-state index contributed by atoms with van der Waals surface area (Å²) in [7, 11) is 3.46. The molecule has 0 bridgehead atoms. The van der Waals surface area contributed by atoms with Crippen molar-refractivity contribution in [1.29, 1.82) is 0 Å². The molecule has 0 saturated heterocycles. The van der Waals surface area contributed by atoms with Gasteiger partial charge in [-0.25, -0.2) is 0 Å². The summed E-state index contributed by atoms with van der Waals surface area (Å²) in [6, 6.07) is 11.3. The predicted octanol–water partition coefficient (Wildman–Crippen LogP) is 3.83. The van der Waals surface area contributed by atoms with Gasteiger partial charge >= 0.3 is 0 Å². The second kappa shape index (κ2) is 12.7. The molecule has 0 aliphatic carbocycles. The van der Waals surface area contributed by atoms with Gasteiger partial charge in [0.1, 0.15) is 12.4 Å². The van der Waals surface area contributed by atoms with E-state index in [0.29, 0.717) is 43.1 Å². The van der Waals surface area contributed by atoms with Gasteiger partial charge in [-0.15, -0.1) is 0 Å². The first kappa shape index (κ1) is 26.6. The van der Waals surface area contributed by atoms with E-state index in [-0.39, 0.29) is 29.9 Å². The Kier molecular flexibility index (Phi) is 9.63. The van der Waals surface area contributed by atoms with E-state index in [9.17, 15) is 9.59 Å². The molecule has 1 aliphatic rings. The molecular weight excluding hydrogens is 444 g/mol. The Morgan fingerprint density at radius 3 is 2.71 bits per heavy atom. The molecule has 0 saturated carbocycles. The molecule has 0 unspecified atom stereocenters. The number of amides is 2. The van der Waals surface area contributed by atoms with Gasteiger partial charge in [0.15, 0.2) is 0 Å². The molecule has 0 fully saturated rings. The molecule has 2 heterocycles. The number of nitrogens with zero attached hydrogens (tertiary/aromatic N) is 3. The summed E-state index contributed by atoms with van der Waals surface area (Å²) in [5, 5.41) is 2.88. The van der Waals surface area contributed by atoms with Gasteiger partial charge in [0.05, 0.1) is 17.4 Å². The number of carbonyl (C=O) groups excluding carboxylic acids is 2. The second-order valence-electron chi connectivity index (χ2n) is 9.36. The first-order chi connectivity index (χ1) is 16.8. The minimum Gasteiger partial charge on any atom is -0.491 e. The summed E-state index contributed by atoms with van der Waals surface area (Å²) in [5.74, 6) is 0.427. The highest BCUT2D eigenvalue weighted by Crippen LogP contribution is 2.27. The van der Waals surface area contributed by atoms with E-state index >= 15 is 0 Å². The first-order valence-electron chi connectivity index (χ1n) is 12.3. The van der Waals surface area contributed by atoms with Gasteiger partial charge in [-0.05, 0) is 49.6 Å². The number of hydrogen-bond donors (Lipinski definition) is 1. The number of fused-ring (bicyclic) bond motifs is 1. The zero-order valence-electron chi connectivity index (χ0n) is 21.5. The first-order valence-corrected chi connectivity index (χ1v) is 12.3. The van der Waals surface area contributed by atoms with Crippen LogP contribution in [0, 0.1) is 5.92 Å². The van der Waals surface area contributed by atoms with E-state index in [0.717, 1.165) is 18.7 Å². The maximum Gasteiger partial charge on any atom is 0.257 e. The second-order valence-corrected chi connectivity index (χ2v) is 9.36. The van der Waals surface area contributed by atoms with E-state index in [1.54, 1.807) is 37.3 Å². The van der Waals surface area contributed by atoms with Crippen molar-refractivity contribution in [3.8, 4) is 5.75 Å². The van der Waals surface area contributed by atoms with Crippen molar-refractivity contribution < 1.29 is 19.1 Å². The molecule has 1 aromatic carbocycles. The van der Waals surface area contributed by atoms with Gasteiger partial charge in [0, 0.05) is 58.1 Å². The molecule has 8 nitrogen and oxygen atoms in total. The molecule has 2 aromatic rings. The lowest BCUT2D eigenvalue weighted by Gasteiger charge is -2.35. The molecule has 35 heavy (non-hydrogen) atoms. The Labute approximate surface area is 208 Å². The third-order valence-electron chi connectivity index (χ3n) is 6.43. The minimum absolute atomic E-state index is 0.0704. The third-order valence-corrected chi connectivity index (χ3v) is 6.43. The fourth-order valence-electron chi connectivity index (χ4n) is 4.30. The van der Waals surface area contributed by atoms with Crippen LogP contribution in [0.25, 0.3) is 0 Å². The zero-order chi connectivity index (χ0) is 25.4. The normalized spacial score (nSPS) is 21.9. The number of likely N-dealkylation sites (N-methyl/N-ethyl adjacent to an activating group) is 1. The predicted molar refractivity (Wildman–Crippen MR) is 137 cm³/mol.